The lowest BCUT2D eigenvalue weighted by atomic mass is 10.1. The third kappa shape index (κ3) is 3.28. The second kappa shape index (κ2) is 6.65. The van der Waals surface area contributed by atoms with Gasteiger partial charge in [0.15, 0.2) is 0 Å². The van der Waals surface area contributed by atoms with Crippen molar-refractivity contribution < 1.29 is 14.1 Å². The summed E-state index contributed by atoms with van der Waals surface area (Å²) >= 11 is 6.16. The van der Waals surface area contributed by atoms with E-state index in [0.29, 0.717) is 35.3 Å². The molecular formula is C17H18ClN3O3. The van der Waals surface area contributed by atoms with E-state index in [1.165, 1.54) is 0 Å². The van der Waals surface area contributed by atoms with E-state index >= 15 is 0 Å². The highest BCUT2D eigenvalue weighted by atomic mass is 35.5. The number of amides is 2. The second-order valence-corrected chi connectivity index (χ2v) is 6.39. The number of hydrogen-bond acceptors (Lipinski definition) is 4. The zero-order valence-corrected chi connectivity index (χ0v) is 14.3. The molecule has 126 valence electrons. The minimum atomic E-state index is -0.383. The molecule has 6 nitrogen and oxygen atoms in total. The first-order valence-electron chi connectivity index (χ1n) is 7.68. The van der Waals surface area contributed by atoms with E-state index in [0.717, 1.165) is 0 Å². The molecule has 0 spiro atoms. The molecule has 7 heteroatoms. The van der Waals surface area contributed by atoms with E-state index in [2.05, 4.69) is 5.16 Å². The van der Waals surface area contributed by atoms with Crippen molar-refractivity contribution in [2.45, 2.75) is 19.9 Å². The lowest BCUT2D eigenvalue weighted by Crippen LogP contribution is -2.34. The highest BCUT2D eigenvalue weighted by Gasteiger charge is 2.37. The summed E-state index contributed by atoms with van der Waals surface area (Å²) in [7, 11) is 1.70. The summed E-state index contributed by atoms with van der Waals surface area (Å²) in [6.45, 7) is 2.49. The molecule has 0 bridgehead atoms. The van der Waals surface area contributed by atoms with Crippen molar-refractivity contribution in [1.29, 1.82) is 0 Å². The molecule has 1 aromatic heterocycles. The second-order valence-electron chi connectivity index (χ2n) is 5.98. The van der Waals surface area contributed by atoms with Crippen LogP contribution in [0.1, 0.15) is 17.9 Å². The van der Waals surface area contributed by atoms with Crippen LogP contribution in [0.2, 0.25) is 5.02 Å². The molecule has 2 heterocycles. The predicted octanol–water partition coefficient (Wildman–Crippen LogP) is 2.65. The maximum atomic E-state index is 12.6. The van der Waals surface area contributed by atoms with Crippen LogP contribution in [0.5, 0.6) is 0 Å². The third-order valence-electron chi connectivity index (χ3n) is 4.07. The predicted molar refractivity (Wildman–Crippen MR) is 89.6 cm³/mol. The fourth-order valence-electron chi connectivity index (χ4n) is 2.90. The van der Waals surface area contributed by atoms with Gasteiger partial charge in [0.05, 0.1) is 23.2 Å². The van der Waals surface area contributed by atoms with Crippen LogP contribution in [-0.2, 0) is 16.1 Å². The monoisotopic (exact) mass is 347 g/mol. The van der Waals surface area contributed by atoms with Crippen LogP contribution in [0.3, 0.4) is 0 Å². The first-order chi connectivity index (χ1) is 11.5. The molecule has 0 aliphatic carbocycles. The molecule has 0 saturated carbocycles. The molecule has 1 saturated heterocycles. The van der Waals surface area contributed by atoms with Gasteiger partial charge in [0.1, 0.15) is 11.5 Å². The van der Waals surface area contributed by atoms with Crippen molar-refractivity contribution in [2.24, 2.45) is 5.92 Å². The summed E-state index contributed by atoms with van der Waals surface area (Å²) in [6.07, 6.45) is 0.187. The number of rotatable bonds is 4. The van der Waals surface area contributed by atoms with Gasteiger partial charge >= 0.3 is 0 Å². The highest BCUT2D eigenvalue weighted by molar-refractivity contribution is 6.33. The molecule has 0 N–H and O–H groups in total. The summed E-state index contributed by atoms with van der Waals surface area (Å²) in [6, 6.07) is 8.94. The highest BCUT2D eigenvalue weighted by Crippen LogP contribution is 2.31. The van der Waals surface area contributed by atoms with Crippen LogP contribution >= 0.6 is 11.6 Å². The Bertz CT molecular complexity index is 774. The number of carbonyl (C=O) groups excluding carboxylic acids is 2. The van der Waals surface area contributed by atoms with Gasteiger partial charge in [0.25, 0.3) is 0 Å². The molecule has 3 rings (SSSR count). The number of halogens is 1. The number of aromatic nitrogens is 1. The van der Waals surface area contributed by atoms with Gasteiger partial charge in [-0.3, -0.25) is 9.59 Å². The number of carbonyl (C=O) groups is 2. The van der Waals surface area contributed by atoms with Gasteiger partial charge in [-0.15, -0.1) is 0 Å². The minimum absolute atomic E-state index is 0.0847. The Kier molecular flexibility index (Phi) is 4.57. The Morgan fingerprint density at radius 1 is 1.46 bits per heavy atom. The summed E-state index contributed by atoms with van der Waals surface area (Å²) in [5, 5.41) is 4.40. The largest absolute Gasteiger partial charge is 0.361 e. The zero-order chi connectivity index (χ0) is 17.3. The molecule has 1 aromatic carbocycles. The van der Waals surface area contributed by atoms with E-state index in [4.69, 9.17) is 16.1 Å². The van der Waals surface area contributed by atoms with Gasteiger partial charge < -0.3 is 14.3 Å². The Labute approximate surface area is 145 Å². The lowest BCUT2D eigenvalue weighted by Gasteiger charge is -2.21. The van der Waals surface area contributed by atoms with Crippen LogP contribution < -0.4 is 4.90 Å². The number of hydrogen-bond donors (Lipinski definition) is 0. The molecule has 0 radical (unpaired) electrons. The van der Waals surface area contributed by atoms with Crippen LogP contribution in [0, 0.1) is 12.8 Å². The Balaban J connectivity index is 1.68. The van der Waals surface area contributed by atoms with Crippen molar-refractivity contribution in [2.75, 3.05) is 18.5 Å². The normalized spacial score (nSPS) is 17.4. The molecule has 1 atom stereocenters. The molecule has 1 unspecified atom stereocenters. The summed E-state index contributed by atoms with van der Waals surface area (Å²) < 4.78 is 5.01. The first-order valence-corrected chi connectivity index (χ1v) is 8.05. The van der Waals surface area contributed by atoms with Gasteiger partial charge in [0.2, 0.25) is 11.8 Å². The van der Waals surface area contributed by atoms with Crippen molar-refractivity contribution in [3.8, 4) is 0 Å². The van der Waals surface area contributed by atoms with E-state index in [1.807, 2.05) is 12.1 Å². The standard InChI is InChI=1S/C17H18ClN3O3/c1-11-7-13(19-24-11)10-20(2)17(23)12-8-16(22)21(9-12)15-6-4-3-5-14(15)18/h3-7,12H,8-10H2,1-2H3. The van der Waals surface area contributed by atoms with Crippen molar-refractivity contribution >= 4 is 29.1 Å². The fraction of sp³-hybridized carbons (Fsp3) is 0.353. The van der Waals surface area contributed by atoms with E-state index < -0.39 is 0 Å². The average Bonchev–Trinajstić information content (AvgIpc) is 3.13. The maximum absolute atomic E-state index is 12.6. The number of aryl methyl sites for hydroxylation is 1. The van der Waals surface area contributed by atoms with Crippen LogP contribution in [0.15, 0.2) is 34.9 Å². The van der Waals surface area contributed by atoms with Gasteiger partial charge in [-0.2, -0.15) is 0 Å². The Morgan fingerprint density at radius 3 is 2.88 bits per heavy atom. The third-order valence-corrected chi connectivity index (χ3v) is 4.39. The SMILES string of the molecule is Cc1cc(CN(C)C(=O)C2CC(=O)N(c3ccccc3Cl)C2)no1. The first kappa shape index (κ1) is 16.5. The topological polar surface area (TPSA) is 66.7 Å². The number of benzene rings is 1. The molecule has 1 aliphatic rings. The summed E-state index contributed by atoms with van der Waals surface area (Å²) in [4.78, 5) is 28.1. The van der Waals surface area contributed by atoms with E-state index in [-0.39, 0.29) is 24.2 Å². The smallest absolute Gasteiger partial charge is 0.228 e. The van der Waals surface area contributed by atoms with E-state index in [1.54, 1.807) is 42.0 Å². The molecule has 2 aromatic rings. The molecule has 1 fully saturated rings. The lowest BCUT2D eigenvalue weighted by molar-refractivity contribution is -0.135. The van der Waals surface area contributed by atoms with Crippen LogP contribution in [-0.4, -0.2) is 35.5 Å². The number of para-hydroxylation sites is 1. The average molecular weight is 348 g/mol. The minimum Gasteiger partial charge on any atom is -0.361 e. The van der Waals surface area contributed by atoms with Crippen molar-refractivity contribution in [3.05, 3.63) is 46.8 Å². The van der Waals surface area contributed by atoms with Crippen molar-refractivity contribution in [1.82, 2.24) is 10.1 Å². The molecular weight excluding hydrogens is 330 g/mol. The fourth-order valence-corrected chi connectivity index (χ4v) is 3.14. The molecule has 1 aliphatic heterocycles. The number of anilines is 1. The van der Waals surface area contributed by atoms with Gasteiger partial charge in [-0.1, -0.05) is 28.9 Å². The van der Waals surface area contributed by atoms with Gasteiger partial charge in [-0.25, -0.2) is 0 Å². The summed E-state index contributed by atoms with van der Waals surface area (Å²) in [5.74, 6) is 0.143. The zero-order valence-electron chi connectivity index (χ0n) is 13.5. The molecule has 2 amide bonds. The number of nitrogens with zero attached hydrogens (tertiary/aromatic N) is 3. The Morgan fingerprint density at radius 2 is 2.21 bits per heavy atom. The van der Waals surface area contributed by atoms with Crippen LogP contribution in [0.4, 0.5) is 5.69 Å². The Hall–Kier alpha value is -2.34. The van der Waals surface area contributed by atoms with Gasteiger partial charge in [0, 0.05) is 26.1 Å². The van der Waals surface area contributed by atoms with E-state index in [9.17, 15) is 9.59 Å². The van der Waals surface area contributed by atoms with Crippen LogP contribution in [0.25, 0.3) is 0 Å². The summed E-state index contributed by atoms with van der Waals surface area (Å²) in [5.41, 5.74) is 1.34. The maximum Gasteiger partial charge on any atom is 0.228 e. The molecule has 24 heavy (non-hydrogen) atoms. The quantitative estimate of drug-likeness (QED) is 0.852. The van der Waals surface area contributed by atoms with Gasteiger partial charge in [-0.05, 0) is 19.1 Å². The van der Waals surface area contributed by atoms with Crippen molar-refractivity contribution in [3.63, 3.8) is 0 Å².